The molecule has 0 aliphatic rings. The molecule has 0 saturated heterocycles. The highest BCUT2D eigenvalue weighted by Crippen LogP contribution is 2.24. The second-order valence-electron chi connectivity index (χ2n) is 3.07. The Morgan fingerprint density at radius 2 is 2.00 bits per heavy atom. The Kier molecular flexibility index (Phi) is 5.68. The van der Waals surface area contributed by atoms with Gasteiger partial charge in [-0.2, -0.15) is 0 Å². The van der Waals surface area contributed by atoms with Crippen molar-refractivity contribution in [2.75, 3.05) is 25.6 Å². The van der Waals surface area contributed by atoms with Crippen molar-refractivity contribution in [3.05, 3.63) is 28.2 Å². The van der Waals surface area contributed by atoms with Gasteiger partial charge in [-0.05, 0) is 34.5 Å². The van der Waals surface area contributed by atoms with E-state index in [1.807, 2.05) is 25.1 Å². The fraction of sp³-hybridized carbons (Fsp3) is 0.455. The highest BCUT2D eigenvalue weighted by Gasteiger charge is 2.02. The van der Waals surface area contributed by atoms with Crippen LogP contribution in [0, 0.1) is 0 Å². The molecule has 0 aliphatic carbocycles. The molecule has 0 atom stereocenters. The van der Waals surface area contributed by atoms with E-state index in [4.69, 9.17) is 15.2 Å². The van der Waals surface area contributed by atoms with Gasteiger partial charge >= 0.3 is 0 Å². The predicted octanol–water partition coefficient (Wildman–Crippen LogP) is 2.58. The van der Waals surface area contributed by atoms with E-state index in [9.17, 15) is 0 Å². The van der Waals surface area contributed by atoms with Gasteiger partial charge in [-0.3, -0.25) is 0 Å². The Bertz CT molecular complexity index is 305. The molecule has 3 nitrogen and oxygen atoms in total. The third kappa shape index (κ3) is 4.20. The maximum atomic E-state index is 5.75. The lowest BCUT2D eigenvalue weighted by atomic mass is 10.2. The summed E-state index contributed by atoms with van der Waals surface area (Å²) in [7, 11) is 0. The van der Waals surface area contributed by atoms with Crippen LogP contribution in [0.1, 0.15) is 12.5 Å². The van der Waals surface area contributed by atoms with Gasteiger partial charge in [0, 0.05) is 16.8 Å². The summed E-state index contributed by atoms with van der Waals surface area (Å²) in [5.74, 6) is 0. The molecule has 84 valence electrons. The van der Waals surface area contributed by atoms with Crippen LogP contribution < -0.4 is 5.73 Å². The first kappa shape index (κ1) is 12.5. The van der Waals surface area contributed by atoms with Gasteiger partial charge in [0.05, 0.1) is 19.8 Å². The number of halogens is 1. The van der Waals surface area contributed by atoms with E-state index in [0.29, 0.717) is 19.8 Å². The van der Waals surface area contributed by atoms with Crippen molar-refractivity contribution in [1.29, 1.82) is 0 Å². The van der Waals surface area contributed by atoms with Gasteiger partial charge < -0.3 is 15.2 Å². The Hall–Kier alpha value is -0.580. The van der Waals surface area contributed by atoms with Gasteiger partial charge in [0.25, 0.3) is 0 Å². The number of benzene rings is 1. The molecule has 1 aromatic carbocycles. The van der Waals surface area contributed by atoms with Crippen LogP contribution in [0.2, 0.25) is 0 Å². The molecular weight excluding hydrogens is 258 g/mol. The summed E-state index contributed by atoms with van der Waals surface area (Å²) < 4.78 is 11.5. The molecule has 4 heteroatoms. The molecule has 0 radical (unpaired) electrons. The molecule has 0 amide bonds. The largest absolute Gasteiger partial charge is 0.398 e. The number of nitrogen functional groups attached to an aromatic ring is 1. The SMILES string of the molecule is CCOCCOCc1cccc(N)c1Br. The van der Waals surface area contributed by atoms with Gasteiger partial charge in [-0.25, -0.2) is 0 Å². The van der Waals surface area contributed by atoms with Crippen LogP contribution in [0.3, 0.4) is 0 Å². The molecule has 1 rings (SSSR count). The molecule has 15 heavy (non-hydrogen) atoms. The van der Waals surface area contributed by atoms with Crippen LogP contribution in [0.15, 0.2) is 22.7 Å². The van der Waals surface area contributed by atoms with Crippen molar-refractivity contribution in [1.82, 2.24) is 0 Å². The second kappa shape index (κ2) is 6.82. The minimum absolute atomic E-state index is 0.554. The summed E-state index contributed by atoms with van der Waals surface area (Å²) in [5, 5.41) is 0. The number of anilines is 1. The molecule has 0 aromatic heterocycles. The number of hydrogen-bond donors (Lipinski definition) is 1. The predicted molar refractivity (Wildman–Crippen MR) is 64.7 cm³/mol. The van der Waals surface area contributed by atoms with Crippen LogP contribution in [-0.4, -0.2) is 19.8 Å². The lowest BCUT2D eigenvalue weighted by Crippen LogP contribution is -2.04. The zero-order chi connectivity index (χ0) is 11.1. The van der Waals surface area contributed by atoms with Gasteiger partial charge in [0.1, 0.15) is 0 Å². The van der Waals surface area contributed by atoms with Crippen molar-refractivity contribution in [2.24, 2.45) is 0 Å². The number of ether oxygens (including phenoxy) is 2. The van der Waals surface area contributed by atoms with Crippen molar-refractivity contribution in [3.8, 4) is 0 Å². The zero-order valence-corrected chi connectivity index (χ0v) is 10.4. The maximum Gasteiger partial charge on any atom is 0.0729 e. The van der Waals surface area contributed by atoms with Crippen LogP contribution in [0.5, 0.6) is 0 Å². The molecule has 0 aliphatic heterocycles. The van der Waals surface area contributed by atoms with Gasteiger partial charge in [0.15, 0.2) is 0 Å². The average Bonchev–Trinajstić information content (AvgIpc) is 2.24. The summed E-state index contributed by atoms with van der Waals surface area (Å²) in [5.41, 5.74) is 7.54. The average molecular weight is 274 g/mol. The molecule has 0 saturated carbocycles. The third-order valence-electron chi connectivity index (χ3n) is 1.94. The Morgan fingerprint density at radius 1 is 1.27 bits per heavy atom. The monoisotopic (exact) mass is 273 g/mol. The summed E-state index contributed by atoms with van der Waals surface area (Å²) in [6.07, 6.45) is 0. The first-order valence-corrected chi connectivity index (χ1v) is 5.73. The van der Waals surface area contributed by atoms with Crippen LogP contribution in [-0.2, 0) is 16.1 Å². The zero-order valence-electron chi connectivity index (χ0n) is 8.83. The van der Waals surface area contributed by atoms with Gasteiger partial charge in [-0.15, -0.1) is 0 Å². The van der Waals surface area contributed by atoms with Crippen LogP contribution in [0.4, 0.5) is 5.69 Å². The van der Waals surface area contributed by atoms with Crippen LogP contribution in [0.25, 0.3) is 0 Å². The van der Waals surface area contributed by atoms with Crippen molar-refractivity contribution in [2.45, 2.75) is 13.5 Å². The standard InChI is InChI=1S/C11H16BrNO2/c1-2-14-6-7-15-8-9-4-3-5-10(13)11(9)12/h3-5H,2,6-8,13H2,1H3. The molecule has 0 unspecified atom stereocenters. The number of hydrogen-bond acceptors (Lipinski definition) is 3. The molecule has 0 spiro atoms. The smallest absolute Gasteiger partial charge is 0.0729 e. The minimum Gasteiger partial charge on any atom is -0.398 e. The number of rotatable bonds is 6. The summed E-state index contributed by atoms with van der Waals surface area (Å²) in [4.78, 5) is 0. The van der Waals surface area contributed by atoms with E-state index in [0.717, 1.165) is 22.3 Å². The Labute approximate surface area is 98.7 Å². The molecule has 1 aromatic rings. The normalized spacial score (nSPS) is 10.5. The van der Waals surface area contributed by atoms with Gasteiger partial charge in [-0.1, -0.05) is 12.1 Å². The molecule has 0 heterocycles. The Balaban J connectivity index is 2.34. The fourth-order valence-corrected chi connectivity index (χ4v) is 1.53. The number of nitrogens with two attached hydrogens (primary N) is 1. The molecule has 2 N–H and O–H groups in total. The molecular formula is C11H16BrNO2. The first-order valence-electron chi connectivity index (χ1n) is 4.94. The molecule has 0 bridgehead atoms. The van der Waals surface area contributed by atoms with Gasteiger partial charge in [0.2, 0.25) is 0 Å². The van der Waals surface area contributed by atoms with Crippen molar-refractivity contribution >= 4 is 21.6 Å². The van der Waals surface area contributed by atoms with E-state index in [1.54, 1.807) is 0 Å². The third-order valence-corrected chi connectivity index (χ3v) is 2.91. The lowest BCUT2D eigenvalue weighted by Gasteiger charge is -2.07. The topological polar surface area (TPSA) is 44.5 Å². The Morgan fingerprint density at radius 3 is 2.73 bits per heavy atom. The second-order valence-corrected chi connectivity index (χ2v) is 3.86. The van der Waals surface area contributed by atoms with Crippen molar-refractivity contribution in [3.63, 3.8) is 0 Å². The lowest BCUT2D eigenvalue weighted by molar-refractivity contribution is 0.0451. The minimum atomic E-state index is 0.554. The summed E-state index contributed by atoms with van der Waals surface area (Å²) >= 11 is 3.43. The van der Waals surface area contributed by atoms with E-state index in [-0.39, 0.29) is 0 Å². The quantitative estimate of drug-likeness (QED) is 0.640. The maximum absolute atomic E-state index is 5.75. The van der Waals surface area contributed by atoms with Crippen LogP contribution >= 0.6 is 15.9 Å². The summed E-state index contributed by atoms with van der Waals surface area (Å²) in [6.45, 7) is 4.49. The first-order chi connectivity index (χ1) is 7.25. The summed E-state index contributed by atoms with van der Waals surface area (Å²) in [6, 6.07) is 5.76. The highest BCUT2D eigenvalue weighted by atomic mass is 79.9. The van der Waals surface area contributed by atoms with E-state index < -0.39 is 0 Å². The van der Waals surface area contributed by atoms with E-state index in [1.165, 1.54) is 0 Å². The molecule has 0 fully saturated rings. The van der Waals surface area contributed by atoms with E-state index in [2.05, 4.69) is 15.9 Å². The highest BCUT2D eigenvalue weighted by molar-refractivity contribution is 9.10. The fourth-order valence-electron chi connectivity index (χ4n) is 1.16. The van der Waals surface area contributed by atoms with E-state index >= 15 is 0 Å². The van der Waals surface area contributed by atoms with Crippen molar-refractivity contribution < 1.29 is 9.47 Å².